The molecule has 1 aromatic heterocycles. The van der Waals surface area contributed by atoms with Gasteiger partial charge in [-0.05, 0) is 25.0 Å². The van der Waals surface area contributed by atoms with E-state index in [-0.39, 0.29) is 5.92 Å². The molecule has 1 fully saturated rings. The summed E-state index contributed by atoms with van der Waals surface area (Å²) in [5.74, 6) is 0.392. The van der Waals surface area contributed by atoms with Crippen molar-refractivity contribution in [2.24, 2.45) is 0 Å². The number of ketones is 1. The first-order valence-corrected chi connectivity index (χ1v) is 5.71. The van der Waals surface area contributed by atoms with Crippen LogP contribution in [-0.2, 0) is 4.79 Å². The maximum absolute atomic E-state index is 11.7. The minimum absolute atomic E-state index is 0.0428. The van der Waals surface area contributed by atoms with Crippen LogP contribution in [-0.4, -0.2) is 10.8 Å². The number of pyridine rings is 1. The SMILES string of the molecule is O=C1CCCCC1c1cc(Br)ccn1. The first kappa shape index (κ1) is 9.84. The summed E-state index contributed by atoms with van der Waals surface area (Å²) in [5, 5.41) is 0. The number of aromatic nitrogens is 1. The van der Waals surface area contributed by atoms with Crippen LogP contribution in [0.5, 0.6) is 0 Å². The molecule has 1 unspecified atom stereocenters. The molecule has 0 amide bonds. The van der Waals surface area contributed by atoms with Gasteiger partial charge >= 0.3 is 0 Å². The van der Waals surface area contributed by atoms with E-state index in [0.29, 0.717) is 5.78 Å². The lowest BCUT2D eigenvalue weighted by molar-refractivity contribution is -0.121. The van der Waals surface area contributed by atoms with E-state index in [4.69, 9.17) is 0 Å². The molecule has 1 aliphatic carbocycles. The second-order valence-corrected chi connectivity index (χ2v) is 4.58. The Bertz CT molecular complexity index is 351. The highest BCUT2D eigenvalue weighted by molar-refractivity contribution is 9.10. The Balaban J connectivity index is 2.24. The van der Waals surface area contributed by atoms with Crippen LogP contribution in [0.15, 0.2) is 22.8 Å². The first-order valence-electron chi connectivity index (χ1n) is 4.91. The number of Topliss-reactive ketones (excluding diaryl/α,β-unsaturated/α-hetero) is 1. The van der Waals surface area contributed by atoms with Gasteiger partial charge in [-0.25, -0.2) is 0 Å². The third-order valence-corrected chi connectivity index (χ3v) is 3.15. The van der Waals surface area contributed by atoms with E-state index < -0.39 is 0 Å². The van der Waals surface area contributed by atoms with Crippen molar-refractivity contribution in [1.29, 1.82) is 0 Å². The number of carbonyl (C=O) groups excluding carboxylic acids is 1. The van der Waals surface area contributed by atoms with E-state index >= 15 is 0 Å². The van der Waals surface area contributed by atoms with Gasteiger partial charge in [-0.2, -0.15) is 0 Å². The molecule has 1 aromatic rings. The molecule has 1 aliphatic rings. The number of nitrogens with zero attached hydrogens (tertiary/aromatic N) is 1. The van der Waals surface area contributed by atoms with Gasteiger partial charge in [-0.3, -0.25) is 9.78 Å². The van der Waals surface area contributed by atoms with Gasteiger partial charge in [0.25, 0.3) is 0 Å². The van der Waals surface area contributed by atoms with Gasteiger partial charge in [0.05, 0.1) is 11.6 Å². The summed E-state index contributed by atoms with van der Waals surface area (Å²) in [4.78, 5) is 15.9. The van der Waals surface area contributed by atoms with Crippen molar-refractivity contribution in [1.82, 2.24) is 4.98 Å². The topological polar surface area (TPSA) is 30.0 Å². The zero-order valence-corrected chi connectivity index (χ0v) is 9.46. The van der Waals surface area contributed by atoms with Gasteiger partial charge in [0.2, 0.25) is 0 Å². The van der Waals surface area contributed by atoms with E-state index in [2.05, 4.69) is 20.9 Å². The zero-order chi connectivity index (χ0) is 9.97. The monoisotopic (exact) mass is 253 g/mol. The molecule has 0 saturated heterocycles. The van der Waals surface area contributed by atoms with Crippen LogP contribution in [0.3, 0.4) is 0 Å². The smallest absolute Gasteiger partial charge is 0.141 e. The van der Waals surface area contributed by atoms with Crippen molar-refractivity contribution in [3.63, 3.8) is 0 Å². The molecule has 1 saturated carbocycles. The lowest BCUT2D eigenvalue weighted by atomic mass is 9.85. The van der Waals surface area contributed by atoms with Gasteiger partial charge in [0.15, 0.2) is 0 Å². The number of halogens is 1. The van der Waals surface area contributed by atoms with Crippen molar-refractivity contribution in [3.05, 3.63) is 28.5 Å². The molecular formula is C11H12BrNO. The molecule has 0 spiro atoms. The molecule has 3 heteroatoms. The summed E-state index contributed by atoms with van der Waals surface area (Å²) in [6, 6.07) is 3.84. The van der Waals surface area contributed by atoms with Gasteiger partial charge in [-0.1, -0.05) is 22.4 Å². The molecule has 1 atom stereocenters. The number of hydrogen-bond acceptors (Lipinski definition) is 2. The number of hydrogen-bond donors (Lipinski definition) is 0. The van der Waals surface area contributed by atoms with Gasteiger partial charge < -0.3 is 0 Å². The van der Waals surface area contributed by atoms with Crippen LogP contribution in [0.25, 0.3) is 0 Å². The fourth-order valence-corrected chi connectivity index (χ4v) is 2.26. The molecule has 1 heterocycles. The predicted molar refractivity (Wildman–Crippen MR) is 58.2 cm³/mol. The highest BCUT2D eigenvalue weighted by Gasteiger charge is 2.24. The Morgan fingerprint density at radius 3 is 3.00 bits per heavy atom. The fourth-order valence-electron chi connectivity index (χ4n) is 1.91. The Labute approximate surface area is 91.9 Å². The Morgan fingerprint density at radius 1 is 1.43 bits per heavy atom. The van der Waals surface area contributed by atoms with E-state index in [1.54, 1.807) is 6.20 Å². The average Bonchev–Trinajstić information content (AvgIpc) is 2.18. The van der Waals surface area contributed by atoms with E-state index in [0.717, 1.165) is 35.8 Å². The highest BCUT2D eigenvalue weighted by Crippen LogP contribution is 2.29. The lowest BCUT2D eigenvalue weighted by Crippen LogP contribution is -2.17. The standard InChI is InChI=1S/C11H12BrNO/c12-8-5-6-13-10(7-8)9-3-1-2-4-11(9)14/h5-7,9H,1-4H2. The summed E-state index contributed by atoms with van der Waals surface area (Å²) in [7, 11) is 0. The van der Waals surface area contributed by atoms with Gasteiger partial charge in [0.1, 0.15) is 5.78 Å². The Kier molecular flexibility index (Phi) is 2.96. The van der Waals surface area contributed by atoms with Gasteiger partial charge in [0, 0.05) is 17.1 Å². The predicted octanol–water partition coefficient (Wildman–Crippen LogP) is 3.07. The molecule has 0 radical (unpaired) electrons. The van der Waals surface area contributed by atoms with Crippen molar-refractivity contribution in [3.8, 4) is 0 Å². The van der Waals surface area contributed by atoms with Crippen LogP contribution in [0.4, 0.5) is 0 Å². The molecule has 0 aromatic carbocycles. The molecular weight excluding hydrogens is 242 g/mol. The van der Waals surface area contributed by atoms with Gasteiger partial charge in [-0.15, -0.1) is 0 Å². The Morgan fingerprint density at radius 2 is 2.29 bits per heavy atom. The second kappa shape index (κ2) is 4.22. The molecule has 0 N–H and O–H groups in total. The van der Waals surface area contributed by atoms with Crippen molar-refractivity contribution < 1.29 is 4.79 Å². The van der Waals surface area contributed by atoms with Crippen LogP contribution in [0.1, 0.15) is 37.3 Å². The van der Waals surface area contributed by atoms with Crippen LogP contribution in [0, 0.1) is 0 Å². The maximum Gasteiger partial charge on any atom is 0.141 e. The van der Waals surface area contributed by atoms with E-state index in [9.17, 15) is 4.79 Å². The van der Waals surface area contributed by atoms with E-state index in [1.165, 1.54) is 0 Å². The van der Waals surface area contributed by atoms with Crippen LogP contribution in [0.2, 0.25) is 0 Å². The molecule has 2 nitrogen and oxygen atoms in total. The molecule has 2 rings (SSSR count). The minimum Gasteiger partial charge on any atom is -0.299 e. The summed E-state index contributed by atoms with van der Waals surface area (Å²) in [6.45, 7) is 0. The maximum atomic E-state index is 11.7. The van der Waals surface area contributed by atoms with Crippen molar-refractivity contribution in [2.75, 3.05) is 0 Å². The third kappa shape index (κ3) is 2.03. The normalized spacial score (nSPS) is 22.4. The first-order chi connectivity index (χ1) is 6.77. The lowest BCUT2D eigenvalue weighted by Gasteiger charge is -2.19. The summed E-state index contributed by atoms with van der Waals surface area (Å²) >= 11 is 3.40. The molecule has 14 heavy (non-hydrogen) atoms. The minimum atomic E-state index is 0.0428. The molecule has 74 valence electrons. The quantitative estimate of drug-likeness (QED) is 0.770. The van der Waals surface area contributed by atoms with Crippen molar-refractivity contribution >= 4 is 21.7 Å². The zero-order valence-electron chi connectivity index (χ0n) is 7.87. The molecule has 0 aliphatic heterocycles. The highest BCUT2D eigenvalue weighted by atomic mass is 79.9. The van der Waals surface area contributed by atoms with Crippen molar-refractivity contribution in [2.45, 2.75) is 31.6 Å². The average molecular weight is 254 g/mol. The number of carbonyl (C=O) groups is 1. The number of rotatable bonds is 1. The molecule has 0 bridgehead atoms. The summed E-state index contributed by atoms with van der Waals surface area (Å²) in [5.41, 5.74) is 0.920. The third-order valence-electron chi connectivity index (χ3n) is 2.65. The fraction of sp³-hybridized carbons (Fsp3) is 0.455. The summed E-state index contributed by atoms with van der Waals surface area (Å²) in [6.07, 6.45) is 5.62. The summed E-state index contributed by atoms with van der Waals surface area (Å²) < 4.78 is 1.00. The Hall–Kier alpha value is -0.700. The largest absolute Gasteiger partial charge is 0.299 e. The van der Waals surface area contributed by atoms with Crippen LogP contribution >= 0.6 is 15.9 Å². The second-order valence-electron chi connectivity index (χ2n) is 3.66. The van der Waals surface area contributed by atoms with E-state index in [1.807, 2.05) is 12.1 Å². The van der Waals surface area contributed by atoms with Crippen LogP contribution < -0.4 is 0 Å².